The van der Waals surface area contributed by atoms with Crippen LogP contribution in [0, 0.1) is 0 Å². The summed E-state index contributed by atoms with van der Waals surface area (Å²) in [6.07, 6.45) is -0.202. The molecule has 0 unspecified atom stereocenters. The third kappa shape index (κ3) is 9.76. The fourth-order valence-electron chi connectivity index (χ4n) is 1.71. The van der Waals surface area contributed by atoms with Crippen molar-refractivity contribution in [2.24, 2.45) is 22.2 Å². The molecule has 0 bridgehead atoms. The topological polar surface area (TPSA) is 223 Å². The van der Waals surface area contributed by atoms with E-state index in [-0.39, 0.29) is 18.9 Å². The molecule has 0 aliphatic heterocycles. The van der Waals surface area contributed by atoms with Crippen LogP contribution in [-0.2, 0) is 19.2 Å². The standard InChI is InChI=1S/C13H24N6O6/c1-6(12(24)25)18-11(23)8(3-2-4-17-13(15)16)19-10(22)7(14)5-9(20)21/h6-8H,2-5,14H2,1H3,(H,18,23)(H,19,22)(H,20,21)(H,24,25)(H4,15,16,17)/t6-,7-,8-/m0/s1. The molecule has 0 saturated carbocycles. The van der Waals surface area contributed by atoms with Crippen molar-refractivity contribution in [3.63, 3.8) is 0 Å². The van der Waals surface area contributed by atoms with Crippen molar-refractivity contribution in [1.29, 1.82) is 0 Å². The molecular weight excluding hydrogens is 336 g/mol. The maximum absolute atomic E-state index is 12.1. The molecule has 10 N–H and O–H groups in total. The number of rotatable bonds is 11. The van der Waals surface area contributed by atoms with E-state index in [4.69, 9.17) is 27.4 Å². The van der Waals surface area contributed by atoms with Gasteiger partial charge < -0.3 is 38.0 Å². The lowest BCUT2D eigenvalue weighted by Crippen LogP contribution is -2.54. The third-order valence-electron chi connectivity index (χ3n) is 3.04. The summed E-state index contributed by atoms with van der Waals surface area (Å²) in [5.41, 5.74) is 15.8. The Balaban J connectivity index is 4.89. The normalized spacial score (nSPS) is 13.8. The molecule has 25 heavy (non-hydrogen) atoms. The summed E-state index contributed by atoms with van der Waals surface area (Å²) in [4.78, 5) is 49.2. The summed E-state index contributed by atoms with van der Waals surface area (Å²) in [7, 11) is 0. The first-order chi connectivity index (χ1) is 11.5. The molecule has 0 aliphatic carbocycles. The second kappa shape index (κ2) is 10.8. The van der Waals surface area contributed by atoms with Crippen LogP contribution in [0.5, 0.6) is 0 Å². The van der Waals surface area contributed by atoms with Crippen LogP contribution in [0.2, 0.25) is 0 Å². The largest absolute Gasteiger partial charge is 0.481 e. The van der Waals surface area contributed by atoms with Crippen LogP contribution >= 0.6 is 0 Å². The number of carbonyl (C=O) groups excluding carboxylic acids is 2. The van der Waals surface area contributed by atoms with E-state index in [0.717, 1.165) is 0 Å². The van der Waals surface area contributed by atoms with E-state index in [9.17, 15) is 19.2 Å². The van der Waals surface area contributed by atoms with Crippen LogP contribution in [0.3, 0.4) is 0 Å². The van der Waals surface area contributed by atoms with Crippen molar-refractivity contribution in [3.8, 4) is 0 Å². The number of aliphatic imine (C=N–C) groups is 1. The molecule has 0 aromatic carbocycles. The van der Waals surface area contributed by atoms with E-state index in [2.05, 4.69) is 15.6 Å². The predicted octanol–water partition coefficient (Wildman–Crippen LogP) is -3.08. The summed E-state index contributed by atoms with van der Waals surface area (Å²) in [6, 6.07) is -3.62. The zero-order valence-electron chi connectivity index (χ0n) is 13.8. The Kier molecular flexibility index (Phi) is 9.56. The van der Waals surface area contributed by atoms with Crippen LogP contribution in [0.4, 0.5) is 0 Å². The van der Waals surface area contributed by atoms with Gasteiger partial charge >= 0.3 is 11.9 Å². The Morgan fingerprint density at radius 1 is 1.08 bits per heavy atom. The predicted molar refractivity (Wildman–Crippen MR) is 87.3 cm³/mol. The fourth-order valence-corrected chi connectivity index (χ4v) is 1.71. The van der Waals surface area contributed by atoms with E-state index < -0.39 is 48.3 Å². The first kappa shape index (κ1) is 22.1. The van der Waals surface area contributed by atoms with Gasteiger partial charge in [0, 0.05) is 6.54 Å². The number of carboxylic acids is 2. The van der Waals surface area contributed by atoms with Crippen LogP contribution < -0.4 is 27.8 Å². The minimum atomic E-state index is -1.34. The number of nitrogens with zero attached hydrogens (tertiary/aromatic N) is 1. The molecule has 0 saturated heterocycles. The smallest absolute Gasteiger partial charge is 0.325 e. The molecule has 2 amide bonds. The first-order valence-corrected chi connectivity index (χ1v) is 7.41. The quantitative estimate of drug-likeness (QED) is 0.112. The molecule has 0 spiro atoms. The van der Waals surface area contributed by atoms with Gasteiger partial charge in [0.1, 0.15) is 12.1 Å². The number of aliphatic carboxylic acids is 2. The Morgan fingerprint density at radius 3 is 2.16 bits per heavy atom. The number of nitrogens with one attached hydrogen (secondary N) is 2. The fraction of sp³-hybridized carbons (Fsp3) is 0.615. The summed E-state index contributed by atoms with van der Waals surface area (Å²) in [5, 5.41) is 22.0. The number of hydrogen-bond acceptors (Lipinski definition) is 6. The van der Waals surface area contributed by atoms with Gasteiger partial charge in [-0.1, -0.05) is 0 Å². The highest BCUT2D eigenvalue weighted by Gasteiger charge is 2.26. The van der Waals surface area contributed by atoms with Gasteiger partial charge in [0.15, 0.2) is 5.96 Å². The number of nitrogens with two attached hydrogens (primary N) is 3. The van der Waals surface area contributed by atoms with E-state index in [1.54, 1.807) is 0 Å². The van der Waals surface area contributed by atoms with Crippen LogP contribution in [-0.4, -0.2) is 64.6 Å². The Bertz CT molecular complexity index is 533. The zero-order valence-corrected chi connectivity index (χ0v) is 13.8. The van der Waals surface area contributed by atoms with Crippen molar-refractivity contribution in [3.05, 3.63) is 0 Å². The molecule has 142 valence electrons. The molecule has 12 heteroatoms. The van der Waals surface area contributed by atoms with Gasteiger partial charge in [0.25, 0.3) is 0 Å². The minimum Gasteiger partial charge on any atom is -0.481 e. The minimum absolute atomic E-state index is 0.0977. The van der Waals surface area contributed by atoms with Crippen LogP contribution in [0.1, 0.15) is 26.2 Å². The molecular formula is C13H24N6O6. The van der Waals surface area contributed by atoms with Gasteiger partial charge in [-0.25, -0.2) is 0 Å². The maximum atomic E-state index is 12.1. The van der Waals surface area contributed by atoms with Crippen LogP contribution in [0.15, 0.2) is 4.99 Å². The summed E-state index contributed by atoms with van der Waals surface area (Å²) in [6.45, 7) is 1.45. The van der Waals surface area contributed by atoms with Gasteiger partial charge in [-0.15, -0.1) is 0 Å². The van der Waals surface area contributed by atoms with E-state index in [1.165, 1.54) is 6.92 Å². The SMILES string of the molecule is C[C@H](NC(=O)[C@H](CCCN=C(N)N)NC(=O)[C@@H](N)CC(=O)O)C(=O)O. The Labute approximate surface area is 143 Å². The summed E-state index contributed by atoms with van der Waals surface area (Å²) >= 11 is 0. The maximum Gasteiger partial charge on any atom is 0.325 e. The zero-order chi connectivity index (χ0) is 19.6. The molecule has 0 aromatic heterocycles. The van der Waals surface area contributed by atoms with Gasteiger partial charge in [0.05, 0.1) is 12.5 Å². The van der Waals surface area contributed by atoms with E-state index >= 15 is 0 Å². The second-order valence-electron chi connectivity index (χ2n) is 5.28. The van der Waals surface area contributed by atoms with Crippen molar-refractivity contribution in [1.82, 2.24) is 10.6 Å². The summed E-state index contributed by atoms with van der Waals surface area (Å²) in [5.74, 6) is -4.23. The van der Waals surface area contributed by atoms with Gasteiger partial charge in [-0.3, -0.25) is 24.2 Å². The van der Waals surface area contributed by atoms with Gasteiger partial charge in [-0.05, 0) is 19.8 Å². The van der Waals surface area contributed by atoms with Gasteiger partial charge in [0.2, 0.25) is 11.8 Å². The summed E-state index contributed by atoms with van der Waals surface area (Å²) < 4.78 is 0. The lowest BCUT2D eigenvalue weighted by molar-refractivity contribution is -0.142. The molecule has 0 rings (SSSR count). The molecule has 12 nitrogen and oxygen atoms in total. The number of amides is 2. The van der Waals surface area contributed by atoms with Crippen molar-refractivity contribution < 1.29 is 29.4 Å². The molecule has 0 radical (unpaired) electrons. The van der Waals surface area contributed by atoms with Crippen molar-refractivity contribution >= 4 is 29.7 Å². The monoisotopic (exact) mass is 360 g/mol. The number of hydrogen-bond donors (Lipinski definition) is 7. The third-order valence-corrected chi connectivity index (χ3v) is 3.04. The highest BCUT2D eigenvalue weighted by Crippen LogP contribution is 2.01. The van der Waals surface area contributed by atoms with E-state index in [0.29, 0.717) is 6.42 Å². The number of carbonyl (C=O) groups is 4. The van der Waals surface area contributed by atoms with E-state index in [1.807, 2.05) is 0 Å². The highest BCUT2D eigenvalue weighted by atomic mass is 16.4. The highest BCUT2D eigenvalue weighted by molar-refractivity contribution is 5.92. The van der Waals surface area contributed by atoms with Crippen molar-refractivity contribution in [2.75, 3.05) is 6.54 Å². The molecule has 0 aromatic rings. The second-order valence-corrected chi connectivity index (χ2v) is 5.28. The van der Waals surface area contributed by atoms with Gasteiger partial charge in [-0.2, -0.15) is 0 Å². The lowest BCUT2D eigenvalue weighted by atomic mass is 10.1. The number of carboxylic acid groups (broad SMARTS) is 2. The molecule has 0 heterocycles. The number of guanidine groups is 1. The average molecular weight is 360 g/mol. The Hall–Kier alpha value is -2.89. The van der Waals surface area contributed by atoms with Crippen LogP contribution in [0.25, 0.3) is 0 Å². The first-order valence-electron chi connectivity index (χ1n) is 7.41. The molecule has 3 atom stereocenters. The average Bonchev–Trinajstić information content (AvgIpc) is 2.48. The molecule has 0 aliphatic rings. The Morgan fingerprint density at radius 2 is 1.68 bits per heavy atom. The van der Waals surface area contributed by atoms with Crippen molar-refractivity contribution in [2.45, 2.75) is 44.3 Å². The lowest BCUT2D eigenvalue weighted by Gasteiger charge is -2.21. The molecule has 0 fully saturated rings.